The first-order chi connectivity index (χ1) is 9.29. The second-order valence-corrected chi connectivity index (χ2v) is 4.76. The van der Waals surface area contributed by atoms with E-state index >= 15 is 0 Å². The summed E-state index contributed by atoms with van der Waals surface area (Å²) in [5.74, 6) is 0. The van der Waals surface area contributed by atoms with Crippen LogP contribution in [0.5, 0.6) is 0 Å². The van der Waals surface area contributed by atoms with E-state index in [1.165, 1.54) is 6.07 Å². The van der Waals surface area contributed by atoms with Crippen LogP contribution in [0.25, 0.3) is 0 Å². The third-order valence-corrected chi connectivity index (χ3v) is 3.22. The molecule has 6 heteroatoms. The van der Waals surface area contributed by atoms with E-state index in [1.807, 2.05) is 13.0 Å². The summed E-state index contributed by atoms with van der Waals surface area (Å²) >= 11 is 5.92. The maximum absolute atomic E-state index is 12.7. The van der Waals surface area contributed by atoms with E-state index in [0.29, 0.717) is 11.4 Å². The summed E-state index contributed by atoms with van der Waals surface area (Å²) in [6, 6.07) is 8.36. The summed E-state index contributed by atoms with van der Waals surface area (Å²) in [4.78, 5) is 0. The highest BCUT2D eigenvalue weighted by molar-refractivity contribution is 6.33. The quantitative estimate of drug-likeness (QED) is 0.767. The Kier molecular flexibility index (Phi) is 3.81. The lowest BCUT2D eigenvalue weighted by atomic mass is 10.1. The maximum atomic E-state index is 12.7. The average molecular weight is 301 g/mol. The number of rotatable bonds is 2. The number of hydrogen-bond donors (Lipinski definition) is 2. The molecule has 0 amide bonds. The number of anilines is 3. The summed E-state index contributed by atoms with van der Waals surface area (Å²) in [5.41, 5.74) is 7.10. The summed E-state index contributed by atoms with van der Waals surface area (Å²) in [5, 5.41) is 3.03. The minimum absolute atomic E-state index is 0.166. The van der Waals surface area contributed by atoms with Gasteiger partial charge in [-0.1, -0.05) is 23.7 Å². The van der Waals surface area contributed by atoms with Crippen molar-refractivity contribution >= 4 is 28.7 Å². The van der Waals surface area contributed by atoms with Crippen LogP contribution in [-0.4, -0.2) is 0 Å². The zero-order chi connectivity index (χ0) is 14.9. The fourth-order valence-electron chi connectivity index (χ4n) is 1.73. The molecule has 0 saturated carbocycles. The van der Waals surface area contributed by atoms with Gasteiger partial charge in [-0.05, 0) is 36.8 Å². The van der Waals surface area contributed by atoms with Crippen LogP contribution in [0.2, 0.25) is 5.02 Å². The molecule has 20 heavy (non-hydrogen) atoms. The molecule has 0 saturated heterocycles. The summed E-state index contributed by atoms with van der Waals surface area (Å²) in [7, 11) is 0. The van der Waals surface area contributed by atoms with Gasteiger partial charge in [0.05, 0.1) is 27.6 Å². The van der Waals surface area contributed by atoms with E-state index < -0.39 is 11.7 Å². The van der Waals surface area contributed by atoms with Gasteiger partial charge < -0.3 is 11.1 Å². The van der Waals surface area contributed by atoms with Gasteiger partial charge in [0.15, 0.2) is 0 Å². The van der Waals surface area contributed by atoms with Crippen LogP contribution >= 0.6 is 11.6 Å². The molecule has 0 aliphatic carbocycles. The fraction of sp³-hybridized carbons (Fsp3) is 0.143. The Hall–Kier alpha value is -1.88. The average Bonchev–Trinajstić information content (AvgIpc) is 2.36. The van der Waals surface area contributed by atoms with E-state index in [4.69, 9.17) is 17.3 Å². The van der Waals surface area contributed by atoms with Crippen molar-refractivity contribution in [2.75, 3.05) is 11.1 Å². The first-order valence-electron chi connectivity index (χ1n) is 5.78. The SMILES string of the molecule is Cc1cccc(Nc2cc(C(F)(F)F)ccc2Cl)c1N. The summed E-state index contributed by atoms with van der Waals surface area (Å²) in [6.45, 7) is 1.81. The summed E-state index contributed by atoms with van der Waals surface area (Å²) in [6.07, 6.45) is -4.42. The molecule has 2 aromatic rings. The molecule has 0 spiro atoms. The van der Waals surface area contributed by atoms with E-state index in [1.54, 1.807) is 12.1 Å². The first kappa shape index (κ1) is 14.5. The van der Waals surface area contributed by atoms with Gasteiger partial charge in [-0.2, -0.15) is 13.2 Å². The number of nitrogen functional groups attached to an aromatic ring is 1. The largest absolute Gasteiger partial charge is 0.416 e. The Labute approximate surface area is 119 Å². The predicted octanol–water partition coefficient (Wildman–Crippen LogP) is 4.99. The van der Waals surface area contributed by atoms with E-state index in [-0.39, 0.29) is 10.7 Å². The Morgan fingerprint density at radius 1 is 1.10 bits per heavy atom. The predicted molar refractivity (Wildman–Crippen MR) is 75.3 cm³/mol. The lowest BCUT2D eigenvalue weighted by Crippen LogP contribution is -2.06. The van der Waals surface area contributed by atoms with Gasteiger partial charge in [0.25, 0.3) is 0 Å². The van der Waals surface area contributed by atoms with Crippen LogP contribution in [0.3, 0.4) is 0 Å². The van der Waals surface area contributed by atoms with Gasteiger partial charge in [-0.15, -0.1) is 0 Å². The molecule has 2 nitrogen and oxygen atoms in total. The van der Waals surface area contributed by atoms with Crippen molar-refractivity contribution in [2.24, 2.45) is 0 Å². The van der Waals surface area contributed by atoms with E-state index in [9.17, 15) is 13.2 Å². The highest BCUT2D eigenvalue weighted by atomic mass is 35.5. The number of para-hydroxylation sites is 1. The first-order valence-corrected chi connectivity index (χ1v) is 6.15. The van der Waals surface area contributed by atoms with Crippen LogP contribution in [0.15, 0.2) is 36.4 Å². The van der Waals surface area contributed by atoms with Crippen molar-refractivity contribution < 1.29 is 13.2 Å². The Balaban J connectivity index is 2.41. The van der Waals surface area contributed by atoms with Gasteiger partial charge in [0.2, 0.25) is 0 Å². The molecule has 0 aliphatic rings. The minimum atomic E-state index is -4.42. The molecule has 0 heterocycles. The molecule has 0 atom stereocenters. The highest BCUT2D eigenvalue weighted by Crippen LogP contribution is 2.36. The minimum Gasteiger partial charge on any atom is -0.397 e. The van der Waals surface area contributed by atoms with Gasteiger partial charge in [0.1, 0.15) is 0 Å². The van der Waals surface area contributed by atoms with Crippen molar-refractivity contribution in [3.8, 4) is 0 Å². The van der Waals surface area contributed by atoms with Crippen molar-refractivity contribution in [1.82, 2.24) is 0 Å². The fourth-order valence-corrected chi connectivity index (χ4v) is 1.90. The molecule has 0 fully saturated rings. The molecule has 2 rings (SSSR count). The number of nitrogens with two attached hydrogens (primary N) is 1. The van der Waals surface area contributed by atoms with E-state index in [0.717, 1.165) is 17.7 Å². The van der Waals surface area contributed by atoms with Crippen molar-refractivity contribution in [1.29, 1.82) is 0 Å². The number of aryl methyl sites for hydroxylation is 1. The van der Waals surface area contributed by atoms with Crippen LogP contribution in [-0.2, 0) is 6.18 Å². The topological polar surface area (TPSA) is 38.0 Å². The van der Waals surface area contributed by atoms with Gasteiger partial charge in [-0.3, -0.25) is 0 Å². The molecule has 106 valence electrons. The van der Waals surface area contributed by atoms with Crippen LogP contribution in [0.1, 0.15) is 11.1 Å². The molecule has 2 aromatic carbocycles. The lowest BCUT2D eigenvalue weighted by molar-refractivity contribution is -0.137. The maximum Gasteiger partial charge on any atom is 0.416 e. The van der Waals surface area contributed by atoms with Gasteiger partial charge in [-0.25, -0.2) is 0 Å². The van der Waals surface area contributed by atoms with E-state index in [2.05, 4.69) is 5.32 Å². The number of benzene rings is 2. The van der Waals surface area contributed by atoms with Crippen LogP contribution < -0.4 is 11.1 Å². The van der Waals surface area contributed by atoms with Gasteiger partial charge >= 0.3 is 6.18 Å². The molecule has 0 aliphatic heterocycles. The molecule has 0 unspecified atom stereocenters. The normalized spacial score (nSPS) is 11.4. The van der Waals surface area contributed by atoms with Crippen LogP contribution in [0, 0.1) is 6.92 Å². The van der Waals surface area contributed by atoms with Crippen molar-refractivity contribution in [2.45, 2.75) is 13.1 Å². The third kappa shape index (κ3) is 2.99. The number of hydrogen-bond acceptors (Lipinski definition) is 2. The number of halogens is 4. The zero-order valence-electron chi connectivity index (χ0n) is 10.6. The Morgan fingerprint density at radius 3 is 2.45 bits per heavy atom. The lowest BCUT2D eigenvalue weighted by Gasteiger charge is -2.14. The molecule has 0 radical (unpaired) electrons. The van der Waals surface area contributed by atoms with Crippen molar-refractivity contribution in [3.63, 3.8) is 0 Å². The Morgan fingerprint density at radius 2 is 1.80 bits per heavy atom. The summed E-state index contributed by atoms with van der Waals surface area (Å²) < 4.78 is 38.1. The molecule has 3 N–H and O–H groups in total. The molecular weight excluding hydrogens is 289 g/mol. The standard InChI is InChI=1S/C14H12ClF3N2/c1-8-3-2-4-11(13(8)19)20-12-7-9(14(16,17)18)5-6-10(12)15/h2-7,20H,19H2,1H3. The highest BCUT2D eigenvalue weighted by Gasteiger charge is 2.31. The second kappa shape index (κ2) is 5.25. The van der Waals surface area contributed by atoms with Crippen molar-refractivity contribution in [3.05, 3.63) is 52.5 Å². The monoisotopic (exact) mass is 300 g/mol. The Bertz CT molecular complexity index is 639. The number of nitrogens with one attached hydrogen (secondary N) is 1. The third-order valence-electron chi connectivity index (χ3n) is 2.89. The molecule has 0 aromatic heterocycles. The smallest absolute Gasteiger partial charge is 0.397 e. The molecule has 0 bridgehead atoms. The van der Waals surface area contributed by atoms with Gasteiger partial charge in [0, 0.05) is 0 Å². The van der Waals surface area contributed by atoms with Crippen LogP contribution in [0.4, 0.5) is 30.2 Å². The number of alkyl halides is 3. The molecular formula is C14H12ClF3N2. The second-order valence-electron chi connectivity index (χ2n) is 4.35. The zero-order valence-corrected chi connectivity index (χ0v) is 11.3.